The molecule has 1 amide bonds. The van der Waals surface area contributed by atoms with E-state index in [9.17, 15) is 4.79 Å². The molecule has 94 valence electrons. The number of hydrogen-bond acceptors (Lipinski definition) is 2. The highest BCUT2D eigenvalue weighted by Crippen LogP contribution is 2.15. The van der Waals surface area contributed by atoms with E-state index in [-0.39, 0.29) is 6.10 Å². The third kappa shape index (κ3) is 4.83. The number of rotatable bonds is 6. The van der Waals surface area contributed by atoms with Crippen LogP contribution in [0.25, 0.3) is 0 Å². The van der Waals surface area contributed by atoms with Crippen LogP contribution in [0.3, 0.4) is 0 Å². The number of likely N-dealkylation sites (tertiary alicyclic amines) is 1. The van der Waals surface area contributed by atoms with Crippen LogP contribution in [0.15, 0.2) is 0 Å². The Bertz CT molecular complexity index is 209. The number of unbranched alkanes of at least 4 members (excludes halogenated alkanes) is 1. The molecular weight excluding hydrogens is 270 g/mol. The average Bonchev–Trinajstić information content (AvgIpc) is 2.30. The summed E-state index contributed by atoms with van der Waals surface area (Å²) in [6.45, 7) is 4.46. The number of nitrogens with zero attached hydrogens (tertiary/aromatic N) is 1. The van der Waals surface area contributed by atoms with Gasteiger partial charge in [0.05, 0.1) is 6.10 Å². The number of amides is 1. The van der Waals surface area contributed by atoms with Gasteiger partial charge in [-0.2, -0.15) is 0 Å². The minimum absolute atomic E-state index is 0.263. The SMILES string of the molecule is CCOC1CCCN(C(=O)CCCCBr)C1. The molecule has 0 N–H and O–H groups in total. The number of carbonyl (C=O) groups is 1. The van der Waals surface area contributed by atoms with Gasteiger partial charge in [0.1, 0.15) is 0 Å². The molecule has 1 fully saturated rings. The number of carbonyl (C=O) groups excluding carboxylic acids is 1. The summed E-state index contributed by atoms with van der Waals surface area (Å²) in [5.74, 6) is 0.297. The zero-order valence-electron chi connectivity index (χ0n) is 10.1. The van der Waals surface area contributed by atoms with Crippen LogP contribution in [0.4, 0.5) is 0 Å². The zero-order chi connectivity index (χ0) is 11.8. The van der Waals surface area contributed by atoms with Crippen molar-refractivity contribution in [2.45, 2.75) is 45.1 Å². The molecule has 1 atom stereocenters. The van der Waals surface area contributed by atoms with Crippen LogP contribution >= 0.6 is 15.9 Å². The van der Waals surface area contributed by atoms with Gasteiger partial charge >= 0.3 is 0 Å². The van der Waals surface area contributed by atoms with Gasteiger partial charge in [0, 0.05) is 31.4 Å². The summed E-state index contributed by atoms with van der Waals surface area (Å²) in [6, 6.07) is 0. The highest BCUT2D eigenvalue weighted by atomic mass is 79.9. The largest absolute Gasteiger partial charge is 0.377 e. The summed E-state index contributed by atoms with van der Waals surface area (Å²) in [7, 11) is 0. The van der Waals surface area contributed by atoms with E-state index in [0.29, 0.717) is 12.3 Å². The van der Waals surface area contributed by atoms with Gasteiger partial charge < -0.3 is 9.64 Å². The van der Waals surface area contributed by atoms with Crippen LogP contribution in [0.1, 0.15) is 39.0 Å². The summed E-state index contributed by atoms with van der Waals surface area (Å²) in [4.78, 5) is 13.8. The monoisotopic (exact) mass is 291 g/mol. The molecule has 1 heterocycles. The predicted octanol–water partition coefficient (Wildman–Crippen LogP) is 2.58. The van der Waals surface area contributed by atoms with Crippen molar-refractivity contribution in [1.29, 1.82) is 0 Å². The van der Waals surface area contributed by atoms with Crippen molar-refractivity contribution in [3.63, 3.8) is 0 Å². The Morgan fingerprint density at radius 3 is 3.00 bits per heavy atom. The highest BCUT2D eigenvalue weighted by molar-refractivity contribution is 9.09. The molecule has 16 heavy (non-hydrogen) atoms. The molecule has 0 bridgehead atoms. The minimum atomic E-state index is 0.263. The first-order chi connectivity index (χ1) is 7.77. The number of piperidine rings is 1. The molecule has 1 unspecified atom stereocenters. The molecule has 0 saturated carbocycles. The number of ether oxygens (including phenoxy) is 1. The lowest BCUT2D eigenvalue weighted by atomic mass is 10.1. The first-order valence-corrected chi connectivity index (χ1v) is 7.35. The topological polar surface area (TPSA) is 29.5 Å². The maximum Gasteiger partial charge on any atom is 0.222 e. The molecule has 4 heteroatoms. The lowest BCUT2D eigenvalue weighted by molar-refractivity contribution is -0.135. The van der Waals surface area contributed by atoms with Crippen molar-refractivity contribution >= 4 is 21.8 Å². The van der Waals surface area contributed by atoms with E-state index in [0.717, 1.165) is 50.7 Å². The van der Waals surface area contributed by atoms with E-state index in [4.69, 9.17) is 4.74 Å². The number of halogens is 1. The van der Waals surface area contributed by atoms with Crippen molar-refractivity contribution in [1.82, 2.24) is 4.90 Å². The van der Waals surface area contributed by atoms with Crippen molar-refractivity contribution in [2.75, 3.05) is 25.0 Å². The van der Waals surface area contributed by atoms with Crippen LogP contribution < -0.4 is 0 Å². The Morgan fingerprint density at radius 1 is 1.50 bits per heavy atom. The van der Waals surface area contributed by atoms with Gasteiger partial charge in [-0.25, -0.2) is 0 Å². The first kappa shape index (κ1) is 14.0. The van der Waals surface area contributed by atoms with Crippen molar-refractivity contribution in [2.24, 2.45) is 0 Å². The van der Waals surface area contributed by atoms with E-state index in [1.54, 1.807) is 0 Å². The maximum atomic E-state index is 11.9. The molecule has 1 saturated heterocycles. The van der Waals surface area contributed by atoms with Crippen molar-refractivity contribution in [3.05, 3.63) is 0 Å². The van der Waals surface area contributed by atoms with Gasteiger partial charge in [0.25, 0.3) is 0 Å². The molecule has 0 radical (unpaired) electrons. The second kappa shape index (κ2) is 8.07. The Balaban J connectivity index is 2.26. The summed E-state index contributed by atoms with van der Waals surface area (Å²) in [5.41, 5.74) is 0. The smallest absolute Gasteiger partial charge is 0.222 e. The fourth-order valence-corrected chi connectivity index (χ4v) is 2.46. The summed E-state index contributed by atoms with van der Waals surface area (Å²) < 4.78 is 5.59. The Kier molecular flexibility index (Phi) is 7.05. The molecular formula is C12H22BrNO2. The predicted molar refractivity (Wildman–Crippen MR) is 68.9 cm³/mol. The zero-order valence-corrected chi connectivity index (χ0v) is 11.7. The fourth-order valence-electron chi connectivity index (χ4n) is 2.07. The van der Waals surface area contributed by atoms with Gasteiger partial charge in [0.2, 0.25) is 5.91 Å². The quantitative estimate of drug-likeness (QED) is 0.556. The van der Waals surface area contributed by atoms with Gasteiger partial charge in [-0.1, -0.05) is 15.9 Å². The third-order valence-corrected chi connectivity index (χ3v) is 3.47. The summed E-state index contributed by atoms with van der Waals surface area (Å²) in [5, 5.41) is 0.988. The van der Waals surface area contributed by atoms with Crippen molar-refractivity contribution in [3.8, 4) is 0 Å². The molecule has 0 aromatic rings. The Hall–Kier alpha value is -0.0900. The molecule has 3 nitrogen and oxygen atoms in total. The molecule has 1 rings (SSSR count). The summed E-state index contributed by atoms with van der Waals surface area (Å²) >= 11 is 3.38. The van der Waals surface area contributed by atoms with Crippen LogP contribution in [0.2, 0.25) is 0 Å². The van der Waals surface area contributed by atoms with Gasteiger partial charge in [0.15, 0.2) is 0 Å². The first-order valence-electron chi connectivity index (χ1n) is 6.23. The highest BCUT2D eigenvalue weighted by Gasteiger charge is 2.23. The summed E-state index contributed by atoms with van der Waals surface area (Å²) in [6.07, 6.45) is 5.19. The van der Waals surface area contributed by atoms with Crippen LogP contribution in [-0.2, 0) is 9.53 Å². The fraction of sp³-hybridized carbons (Fsp3) is 0.917. The second-order valence-electron chi connectivity index (χ2n) is 4.21. The van der Waals surface area contributed by atoms with E-state index >= 15 is 0 Å². The Labute approximate surface area is 107 Å². The molecule has 0 aromatic carbocycles. The molecule has 0 aliphatic carbocycles. The maximum absolute atomic E-state index is 11.9. The van der Waals surface area contributed by atoms with Crippen LogP contribution in [0, 0.1) is 0 Å². The second-order valence-corrected chi connectivity index (χ2v) is 5.00. The van der Waals surface area contributed by atoms with Gasteiger partial charge in [-0.05, 0) is 32.6 Å². The lowest BCUT2D eigenvalue weighted by Gasteiger charge is -2.32. The van der Waals surface area contributed by atoms with Crippen LogP contribution in [-0.4, -0.2) is 41.9 Å². The van der Waals surface area contributed by atoms with Crippen molar-refractivity contribution < 1.29 is 9.53 Å². The van der Waals surface area contributed by atoms with E-state index in [1.807, 2.05) is 11.8 Å². The average molecular weight is 292 g/mol. The molecule has 1 aliphatic rings. The standard InChI is InChI=1S/C12H22BrNO2/c1-2-16-11-6-5-9-14(10-11)12(15)7-3-4-8-13/h11H,2-10H2,1H3. The van der Waals surface area contributed by atoms with Crippen LogP contribution in [0.5, 0.6) is 0 Å². The molecule has 0 spiro atoms. The minimum Gasteiger partial charge on any atom is -0.377 e. The number of alkyl halides is 1. The lowest BCUT2D eigenvalue weighted by Crippen LogP contribution is -2.43. The van der Waals surface area contributed by atoms with E-state index < -0.39 is 0 Å². The van der Waals surface area contributed by atoms with Gasteiger partial charge in [-0.3, -0.25) is 4.79 Å². The van der Waals surface area contributed by atoms with Gasteiger partial charge in [-0.15, -0.1) is 0 Å². The number of hydrogen-bond donors (Lipinski definition) is 0. The molecule has 0 aromatic heterocycles. The molecule has 1 aliphatic heterocycles. The van der Waals surface area contributed by atoms with E-state index in [2.05, 4.69) is 15.9 Å². The Morgan fingerprint density at radius 2 is 2.31 bits per heavy atom. The third-order valence-electron chi connectivity index (χ3n) is 2.91. The van der Waals surface area contributed by atoms with E-state index in [1.165, 1.54) is 0 Å². The normalized spacial score (nSPS) is 21.1.